The van der Waals surface area contributed by atoms with Gasteiger partial charge in [0.25, 0.3) is 5.91 Å². The third kappa shape index (κ3) is 3.78. The lowest BCUT2D eigenvalue weighted by molar-refractivity contribution is -0.129. The molecule has 1 aromatic rings. The van der Waals surface area contributed by atoms with Crippen LogP contribution in [0.4, 0.5) is 5.82 Å². The second kappa shape index (κ2) is 7.42. The van der Waals surface area contributed by atoms with Crippen LogP contribution in [0.25, 0.3) is 0 Å². The molecule has 0 spiro atoms. The number of amides is 2. The molecule has 2 aliphatic heterocycles. The van der Waals surface area contributed by atoms with Crippen molar-refractivity contribution in [3.05, 3.63) is 23.9 Å². The zero-order chi connectivity index (χ0) is 18.0. The largest absolute Gasteiger partial charge is 0.347 e. The number of aromatic nitrogens is 1. The lowest BCUT2D eigenvalue weighted by Crippen LogP contribution is -2.43. The van der Waals surface area contributed by atoms with E-state index in [9.17, 15) is 9.59 Å². The number of hydrogen-bond donors (Lipinski definition) is 0. The van der Waals surface area contributed by atoms with Crippen molar-refractivity contribution in [1.29, 1.82) is 0 Å². The number of piperidine rings is 1. The Balaban J connectivity index is 1.69. The maximum Gasteiger partial charge on any atom is 0.255 e. The highest BCUT2D eigenvalue weighted by Crippen LogP contribution is 2.25. The molecule has 3 rings (SSSR count). The molecular formula is C19H28N4O2. The van der Waals surface area contributed by atoms with Gasteiger partial charge in [0.05, 0.1) is 5.56 Å². The third-order valence-corrected chi connectivity index (χ3v) is 5.34. The summed E-state index contributed by atoms with van der Waals surface area (Å²) < 4.78 is 0. The molecule has 0 radical (unpaired) electrons. The Morgan fingerprint density at radius 3 is 2.44 bits per heavy atom. The first kappa shape index (κ1) is 17.7. The number of nitrogens with zero attached hydrogens (tertiary/aromatic N) is 4. The highest BCUT2D eigenvalue weighted by atomic mass is 16.2. The summed E-state index contributed by atoms with van der Waals surface area (Å²) >= 11 is 0. The summed E-state index contributed by atoms with van der Waals surface area (Å²) in [5.74, 6) is 1.66. The maximum absolute atomic E-state index is 12.6. The average molecular weight is 344 g/mol. The molecule has 0 aliphatic carbocycles. The normalized spacial score (nSPS) is 21.5. The van der Waals surface area contributed by atoms with Gasteiger partial charge in [-0.25, -0.2) is 4.98 Å². The molecule has 25 heavy (non-hydrogen) atoms. The van der Waals surface area contributed by atoms with E-state index in [1.165, 1.54) is 0 Å². The number of hydrogen-bond acceptors (Lipinski definition) is 4. The molecule has 3 heterocycles. The van der Waals surface area contributed by atoms with E-state index in [-0.39, 0.29) is 17.9 Å². The Morgan fingerprint density at radius 2 is 1.84 bits per heavy atom. The van der Waals surface area contributed by atoms with Crippen molar-refractivity contribution in [3.63, 3.8) is 0 Å². The van der Waals surface area contributed by atoms with Crippen LogP contribution in [-0.2, 0) is 4.79 Å². The Bertz CT molecular complexity index is 621. The van der Waals surface area contributed by atoms with Gasteiger partial charge in [0.2, 0.25) is 5.91 Å². The fourth-order valence-corrected chi connectivity index (χ4v) is 3.67. The van der Waals surface area contributed by atoms with Crippen molar-refractivity contribution in [2.45, 2.75) is 38.6 Å². The van der Waals surface area contributed by atoms with Gasteiger partial charge in [-0.2, -0.15) is 0 Å². The predicted molar refractivity (Wildman–Crippen MR) is 97.6 cm³/mol. The van der Waals surface area contributed by atoms with Crippen LogP contribution in [0, 0.1) is 5.92 Å². The van der Waals surface area contributed by atoms with Crippen LogP contribution in [0.15, 0.2) is 18.3 Å². The molecule has 0 bridgehead atoms. The summed E-state index contributed by atoms with van der Waals surface area (Å²) in [6.07, 6.45) is 5.63. The summed E-state index contributed by atoms with van der Waals surface area (Å²) in [5, 5.41) is 0. The molecule has 2 fully saturated rings. The minimum absolute atomic E-state index is 0.0632. The highest BCUT2D eigenvalue weighted by molar-refractivity contribution is 5.94. The second-order valence-electron chi connectivity index (χ2n) is 7.46. The average Bonchev–Trinajstić information content (AvgIpc) is 3.10. The fraction of sp³-hybridized carbons (Fsp3) is 0.632. The number of likely N-dealkylation sites (tertiary alicyclic amines) is 1. The number of rotatable bonds is 3. The Morgan fingerprint density at radius 1 is 1.12 bits per heavy atom. The van der Waals surface area contributed by atoms with Crippen LogP contribution >= 0.6 is 0 Å². The highest BCUT2D eigenvalue weighted by Gasteiger charge is 2.32. The Labute approximate surface area is 149 Å². The summed E-state index contributed by atoms with van der Waals surface area (Å²) in [5.41, 5.74) is 0.632. The zero-order valence-corrected chi connectivity index (χ0v) is 15.4. The minimum atomic E-state index is -0.146. The fourth-order valence-electron chi connectivity index (χ4n) is 3.67. The molecule has 1 unspecified atom stereocenters. The standard InChI is InChI=1S/C19H28N4O2/c1-14-8-11-22(12-9-14)18(24)15-6-7-17(20-13-15)23-10-4-5-16(23)19(25)21(2)3/h6-7,13-14,16H,4-5,8-12H2,1-3H3. The van der Waals surface area contributed by atoms with Gasteiger partial charge < -0.3 is 14.7 Å². The van der Waals surface area contributed by atoms with E-state index in [0.717, 1.165) is 51.1 Å². The zero-order valence-electron chi connectivity index (χ0n) is 15.4. The van der Waals surface area contributed by atoms with E-state index in [1.54, 1.807) is 25.2 Å². The topological polar surface area (TPSA) is 56.8 Å². The lowest BCUT2D eigenvalue weighted by atomic mass is 9.99. The first-order valence-corrected chi connectivity index (χ1v) is 9.20. The molecule has 6 heteroatoms. The van der Waals surface area contributed by atoms with Crippen molar-refractivity contribution in [2.24, 2.45) is 5.92 Å². The predicted octanol–water partition coefficient (Wildman–Crippen LogP) is 2.01. The van der Waals surface area contributed by atoms with Crippen molar-refractivity contribution < 1.29 is 9.59 Å². The van der Waals surface area contributed by atoms with Crippen LogP contribution in [-0.4, -0.2) is 66.4 Å². The molecule has 0 saturated carbocycles. The van der Waals surface area contributed by atoms with Crippen LogP contribution in [0.1, 0.15) is 43.0 Å². The number of carbonyl (C=O) groups is 2. The van der Waals surface area contributed by atoms with Crippen LogP contribution in [0.2, 0.25) is 0 Å². The van der Waals surface area contributed by atoms with Gasteiger partial charge in [0.1, 0.15) is 11.9 Å². The molecule has 2 aliphatic rings. The van der Waals surface area contributed by atoms with Gasteiger partial charge in [0.15, 0.2) is 0 Å². The van der Waals surface area contributed by atoms with E-state index < -0.39 is 0 Å². The van der Waals surface area contributed by atoms with Gasteiger partial charge in [0, 0.05) is 39.9 Å². The van der Waals surface area contributed by atoms with E-state index in [4.69, 9.17) is 0 Å². The van der Waals surface area contributed by atoms with Crippen molar-refractivity contribution >= 4 is 17.6 Å². The Hall–Kier alpha value is -2.11. The number of carbonyl (C=O) groups excluding carboxylic acids is 2. The van der Waals surface area contributed by atoms with Gasteiger partial charge in [-0.1, -0.05) is 6.92 Å². The SMILES string of the molecule is CC1CCN(C(=O)c2ccc(N3CCCC3C(=O)N(C)C)nc2)CC1. The monoisotopic (exact) mass is 344 g/mol. The summed E-state index contributed by atoms with van der Waals surface area (Å²) in [6, 6.07) is 3.58. The third-order valence-electron chi connectivity index (χ3n) is 5.34. The smallest absolute Gasteiger partial charge is 0.255 e. The van der Waals surface area contributed by atoms with Crippen LogP contribution < -0.4 is 4.90 Å². The van der Waals surface area contributed by atoms with E-state index in [0.29, 0.717) is 11.5 Å². The minimum Gasteiger partial charge on any atom is -0.347 e. The quantitative estimate of drug-likeness (QED) is 0.842. The van der Waals surface area contributed by atoms with Crippen molar-refractivity contribution in [1.82, 2.24) is 14.8 Å². The molecule has 1 aromatic heterocycles. The second-order valence-corrected chi connectivity index (χ2v) is 7.46. The van der Waals surface area contributed by atoms with E-state index in [2.05, 4.69) is 16.8 Å². The van der Waals surface area contributed by atoms with Crippen molar-refractivity contribution in [2.75, 3.05) is 38.6 Å². The van der Waals surface area contributed by atoms with Crippen molar-refractivity contribution in [3.8, 4) is 0 Å². The molecular weight excluding hydrogens is 316 g/mol. The Kier molecular flexibility index (Phi) is 5.25. The van der Waals surface area contributed by atoms with Crippen LogP contribution in [0.5, 0.6) is 0 Å². The molecule has 2 saturated heterocycles. The summed E-state index contributed by atoms with van der Waals surface area (Å²) in [6.45, 7) is 4.72. The number of likely N-dealkylation sites (N-methyl/N-ethyl adjacent to an activating group) is 1. The number of anilines is 1. The van der Waals surface area contributed by atoms with Gasteiger partial charge >= 0.3 is 0 Å². The molecule has 0 aromatic carbocycles. The molecule has 0 N–H and O–H groups in total. The van der Waals surface area contributed by atoms with E-state index in [1.807, 2.05) is 17.0 Å². The van der Waals surface area contributed by atoms with Crippen LogP contribution in [0.3, 0.4) is 0 Å². The van der Waals surface area contributed by atoms with E-state index >= 15 is 0 Å². The number of pyridine rings is 1. The van der Waals surface area contributed by atoms with Gasteiger partial charge in [-0.15, -0.1) is 0 Å². The summed E-state index contributed by atoms with van der Waals surface area (Å²) in [7, 11) is 3.57. The first-order chi connectivity index (χ1) is 12.0. The molecule has 2 amide bonds. The van der Waals surface area contributed by atoms with Gasteiger partial charge in [-0.3, -0.25) is 9.59 Å². The lowest BCUT2D eigenvalue weighted by Gasteiger charge is -2.30. The van der Waals surface area contributed by atoms with Gasteiger partial charge in [-0.05, 0) is 43.7 Å². The molecule has 136 valence electrons. The first-order valence-electron chi connectivity index (χ1n) is 9.20. The summed E-state index contributed by atoms with van der Waals surface area (Å²) in [4.78, 5) is 35.0. The molecule has 1 atom stereocenters. The maximum atomic E-state index is 12.6. The molecule has 6 nitrogen and oxygen atoms in total.